The van der Waals surface area contributed by atoms with Crippen molar-refractivity contribution in [3.63, 3.8) is 0 Å². The van der Waals surface area contributed by atoms with Crippen molar-refractivity contribution in [3.8, 4) is 11.1 Å². The lowest BCUT2D eigenvalue weighted by Gasteiger charge is -2.16. The molecular formula is C22H17ClN4O4S. The molecule has 2 heterocycles. The molecule has 0 fully saturated rings. The van der Waals surface area contributed by atoms with Crippen molar-refractivity contribution in [3.05, 3.63) is 85.2 Å². The number of carbonyl (C=O) groups excluding carboxylic acids is 1. The maximum atomic E-state index is 13.3. The van der Waals surface area contributed by atoms with E-state index in [2.05, 4.69) is 10.3 Å². The molecule has 1 unspecified atom stereocenters. The van der Waals surface area contributed by atoms with Crippen molar-refractivity contribution in [1.29, 1.82) is 0 Å². The number of aromatic nitrogens is 2. The van der Waals surface area contributed by atoms with Crippen LogP contribution in [0.2, 0.25) is 5.02 Å². The molecule has 1 amide bonds. The molecule has 2 aromatic carbocycles. The summed E-state index contributed by atoms with van der Waals surface area (Å²) in [6.45, 7) is 3.39. The van der Waals surface area contributed by atoms with Crippen LogP contribution < -0.4 is 10.9 Å². The smallest absolute Gasteiger partial charge is 0.270 e. The van der Waals surface area contributed by atoms with Gasteiger partial charge in [0.15, 0.2) is 0 Å². The number of carbonyl (C=O) groups is 1. The third-order valence-corrected chi connectivity index (χ3v) is 6.51. The van der Waals surface area contributed by atoms with Crippen LogP contribution in [0.15, 0.2) is 59.0 Å². The van der Waals surface area contributed by atoms with Crippen LogP contribution in [-0.4, -0.2) is 20.4 Å². The molecule has 0 saturated carbocycles. The summed E-state index contributed by atoms with van der Waals surface area (Å²) in [4.78, 5) is 41.7. The number of nitro groups is 1. The summed E-state index contributed by atoms with van der Waals surface area (Å²) >= 11 is 7.38. The maximum Gasteiger partial charge on any atom is 0.270 e. The number of halogens is 1. The van der Waals surface area contributed by atoms with Gasteiger partial charge in [-0.2, -0.15) is 0 Å². The van der Waals surface area contributed by atoms with Gasteiger partial charge in [-0.25, -0.2) is 4.98 Å². The highest BCUT2D eigenvalue weighted by Gasteiger charge is 2.21. The lowest BCUT2D eigenvalue weighted by Crippen LogP contribution is -2.31. The van der Waals surface area contributed by atoms with Gasteiger partial charge in [0.1, 0.15) is 10.9 Å². The Bertz CT molecular complexity index is 1430. The molecular weight excluding hydrogens is 452 g/mol. The molecule has 0 radical (unpaired) electrons. The van der Waals surface area contributed by atoms with Crippen molar-refractivity contribution in [2.75, 3.05) is 5.32 Å². The number of amides is 1. The van der Waals surface area contributed by atoms with Gasteiger partial charge in [-0.1, -0.05) is 29.8 Å². The number of rotatable bonds is 5. The summed E-state index contributed by atoms with van der Waals surface area (Å²) in [6.07, 6.45) is 1.34. The second-order valence-electron chi connectivity index (χ2n) is 7.17. The number of nitrogens with one attached hydrogen (secondary N) is 1. The van der Waals surface area contributed by atoms with Crippen LogP contribution in [0, 0.1) is 17.0 Å². The molecule has 0 aliphatic carbocycles. The lowest BCUT2D eigenvalue weighted by molar-refractivity contribution is -0.384. The Kier molecular flexibility index (Phi) is 5.77. The topological polar surface area (TPSA) is 107 Å². The van der Waals surface area contributed by atoms with E-state index in [9.17, 15) is 19.7 Å². The van der Waals surface area contributed by atoms with Crippen LogP contribution in [-0.2, 0) is 4.79 Å². The van der Waals surface area contributed by atoms with E-state index in [-0.39, 0.29) is 5.69 Å². The second kappa shape index (κ2) is 8.52. The molecule has 1 N–H and O–H groups in total. The average Bonchev–Trinajstić information content (AvgIpc) is 3.22. The van der Waals surface area contributed by atoms with E-state index in [1.807, 2.05) is 0 Å². The third-order valence-electron chi connectivity index (χ3n) is 5.21. The normalized spacial score (nSPS) is 12.0. The number of non-ortho nitro benzene ring substituents is 1. The predicted molar refractivity (Wildman–Crippen MR) is 126 cm³/mol. The molecule has 0 aliphatic rings. The molecule has 162 valence electrons. The zero-order valence-corrected chi connectivity index (χ0v) is 18.6. The minimum Gasteiger partial charge on any atom is -0.324 e. The van der Waals surface area contributed by atoms with E-state index in [0.717, 1.165) is 5.56 Å². The zero-order chi connectivity index (χ0) is 23.0. The minimum atomic E-state index is -0.851. The first kappa shape index (κ1) is 21.7. The summed E-state index contributed by atoms with van der Waals surface area (Å²) in [6, 6.07) is 10.4. The highest BCUT2D eigenvalue weighted by molar-refractivity contribution is 7.17. The number of hydrogen-bond donors (Lipinski definition) is 1. The number of fused-ring (bicyclic) bond motifs is 1. The van der Waals surface area contributed by atoms with Crippen LogP contribution in [0.25, 0.3) is 21.3 Å². The fraction of sp³-hybridized carbons (Fsp3) is 0.136. The number of hydrogen-bond acceptors (Lipinski definition) is 6. The third kappa shape index (κ3) is 3.88. The summed E-state index contributed by atoms with van der Waals surface area (Å²) in [7, 11) is 0. The number of nitrogens with zero attached hydrogens (tertiary/aromatic N) is 3. The van der Waals surface area contributed by atoms with Crippen molar-refractivity contribution in [2.45, 2.75) is 19.9 Å². The second-order valence-corrected chi connectivity index (χ2v) is 8.44. The highest BCUT2D eigenvalue weighted by Crippen LogP contribution is 2.32. The van der Waals surface area contributed by atoms with E-state index < -0.39 is 22.4 Å². The number of benzene rings is 2. The van der Waals surface area contributed by atoms with Crippen LogP contribution in [0.5, 0.6) is 0 Å². The largest absolute Gasteiger partial charge is 0.324 e. The van der Waals surface area contributed by atoms with Crippen LogP contribution in [0.1, 0.15) is 18.5 Å². The van der Waals surface area contributed by atoms with Crippen molar-refractivity contribution in [2.24, 2.45) is 0 Å². The molecule has 10 heteroatoms. The quantitative estimate of drug-likeness (QED) is 0.320. The van der Waals surface area contributed by atoms with Crippen LogP contribution >= 0.6 is 22.9 Å². The summed E-state index contributed by atoms with van der Waals surface area (Å²) < 4.78 is 1.26. The number of nitro benzene ring substituents is 1. The van der Waals surface area contributed by atoms with Gasteiger partial charge in [0.2, 0.25) is 5.91 Å². The summed E-state index contributed by atoms with van der Waals surface area (Å²) in [5.74, 6) is -0.397. The SMILES string of the molecule is Cc1c(Cl)cccc1NC(=O)C(C)n1cnc2scc(-c3cccc([N+](=O)[O-])c3)c2c1=O. The van der Waals surface area contributed by atoms with Gasteiger partial charge >= 0.3 is 0 Å². The van der Waals surface area contributed by atoms with E-state index in [0.29, 0.717) is 32.1 Å². The van der Waals surface area contributed by atoms with Crippen molar-refractivity contribution in [1.82, 2.24) is 9.55 Å². The Hall–Kier alpha value is -3.56. The molecule has 0 saturated heterocycles. The van der Waals surface area contributed by atoms with E-state index in [1.54, 1.807) is 49.6 Å². The number of thiophene rings is 1. The molecule has 32 heavy (non-hydrogen) atoms. The molecule has 8 nitrogen and oxygen atoms in total. The Balaban J connectivity index is 1.73. The van der Waals surface area contributed by atoms with Gasteiger partial charge in [-0.05, 0) is 37.1 Å². The predicted octanol–water partition coefficient (Wildman–Crippen LogP) is 5.19. The van der Waals surface area contributed by atoms with Crippen molar-refractivity contribution < 1.29 is 9.72 Å². The van der Waals surface area contributed by atoms with E-state index >= 15 is 0 Å². The Labute approximate surface area is 191 Å². The molecule has 4 rings (SSSR count). The first-order chi connectivity index (χ1) is 15.3. The Morgan fingerprint density at radius 1 is 1.28 bits per heavy atom. The van der Waals surface area contributed by atoms with Gasteiger partial charge in [-0.15, -0.1) is 11.3 Å². The standard InChI is InChI=1S/C22H17ClN4O4S/c1-12-17(23)7-4-8-18(12)25-20(28)13(2)26-11-24-21-19(22(26)29)16(10-32-21)14-5-3-6-15(9-14)27(30)31/h3-11,13H,1-2H3,(H,25,28). The monoisotopic (exact) mass is 468 g/mol. The van der Waals surface area contributed by atoms with Gasteiger partial charge in [0.25, 0.3) is 11.2 Å². The average molecular weight is 469 g/mol. The van der Waals surface area contributed by atoms with Crippen LogP contribution in [0.4, 0.5) is 11.4 Å². The summed E-state index contributed by atoms with van der Waals surface area (Å²) in [5.41, 5.74) is 1.89. The van der Waals surface area contributed by atoms with Gasteiger partial charge in [0, 0.05) is 33.8 Å². The van der Waals surface area contributed by atoms with E-state index in [4.69, 9.17) is 11.6 Å². The Morgan fingerprint density at radius 2 is 2.03 bits per heavy atom. The number of anilines is 1. The summed E-state index contributed by atoms with van der Waals surface area (Å²) in [5, 5.41) is 16.5. The highest BCUT2D eigenvalue weighted by atomic mass is 35.5. The lowest BCUT2D eigenvalue weighted by atomic mass is 10.1. The maximum absolute atomic E-state index is 13.3. The first-order valence-electron chi connectivity index (χ1n) is 9.57. The molecule has 4 aromatic rings. The fourth-order valence-corrected chi connectivity index (χ4v) is 4.41. The molecule has 0 aliphatic heterocycles. The first-order valence-corrected chi connectivity index (χ1v) is 10.8. The fourth-order valence-electron chi connectivity index (χ4n) is 3.33. The van der Waals surface area contributed by atoms with Crippen LogP contribution in [0.3, 0.4) is 0 Å². The molecule has 2 aromatic heterocycles. The minimum absolute atomic E-state index is 0.0734. The van der Waals surface area contributed by atoms with Gasteiger partial charge in [0.05, 0.1) is 16.6 Å². The zero-order valence-electron chi connectivity index (χ0n) is 17.0. The van der Waals surface area contributed by atoms with Crippen molar-refractivity contribution >= 4 is 50.4 Å². The Morgan fingerprint density at radius 3 is 2.78 bits per heavy atom. The van der Waals surface area contributed by atoms with Gasteiger partial charge in [-0.3, -0.25) is 24.3 Å². The molecule has 1 atom stereocenters. The van der Waals surface area contributed by atoms with E-state index in [1.165, 1.54) is 34.4 Å². The molecule has 0 bridgehead atoms. The van der Waals surface area contributed by atoms with Gasteiger partial charge < -0.3 is 5.32 Å². The molecule has 0 spiro atoms.